The minimum atomic E-state index is -4.60. The molecular formula is C28H25F3N2O4. The van der Waals surface area contributed by atoms with E-state index in [2.05, 4.69) is 10.6 Å². The number of carboxylic acids is 1. The molecule has 0 aromatic heterocycles. The average molecular weight is 511 g/mol. The number of hydrogen-bond donors (Lipinski definition) is 3. The largest absolute Gasteiger partial charge is 0.481 e. The molecule has 37 heavy (non-hydrogen) atoms. The predicted molar refractivity (Wildman–Crippen MR) is 133 cm³/mol. The zero-order valence-corrected chi connectivity index (χ0v) is 19.7. The van der Waals surface area contributed by atoms with Crippen molar-refractivity contribution in [2.24, 2.45) is 11.8 Å². The Morgan fingerprint density at radius 3 is 1.92 bits per heavy atom. The van der Waals surface area contributed by atoms with Gasteiger partial charge in [-0.1, -0.05) is 61.4 Å². The van der Waals surface area contributed by atoms with E-state index >= 15 is 0 Å². The van der Waals surface area contributed by atoms with E-state index in [1.807, 2.05) is 0 Å². The minimum absolute atomic E-state index is 0.156. The van der Waals surface area contributed by atoms with Crippen LogP contribution < -0.4 is 10.6 Å². The summed E-state index contributed by atoms with van der Waals surface area (Å²) in [7, 11) is 0. The summed E-state index contributed by atoms with van der Waals surface area (Å²) in [4.78, 5) is 36.8. The third kappa shape index (κ3) is 6.17. The molecule has 0 spiro atoms. The summed E-state index contributed by atoms with van der Waals surface area (Å²) in [5.41, 5.74) is 1.18. The number of amides is 2. The van der Waals surface area contributed by atoms with Crippen LogP contribution in [0.5, 0.6) is 0 Å². The number of benzene rings is 3. The lowest BCUT2D eigenvalue weighted by Crippen LogP contribution is -2.32. The van der Waals surface area contributed by atoms with Gasteiger partial charge in [-0.2, -0.15) is 13.2 Å². The van der Waals surface area contributed by atoms with E-state index in [9.17, 15) is 32.7 Å². The van der Waals surface area contributed by atoms with E-state index in [0.29, 0.717) is 24.1 Å². The summed E-state index contributed by atoms with van der Waals surface area (Å²) >= 11 is 0. The minimum Gasteiger partial charge on any atom is -0.481 e. The molecule has 0 saturated heterocycles. The maximum Gasteiger partial charge on any atom is 0.418 e. The Balaban J connectivity index is 1.40. The van der Waals surface area contributed by atoms with Crippen LogP contribution in [0, 0.1) is 11.8 Å². The average Bonchev–Trinajstić information content (AvgIpc) is 2.88. The highest BCUT2D eigenvalue weighted by Crippen LogP contribution is 2.35. The van der Waals surface area contributed by atoms with Crippen molar-refractivity contribution in [2.75, 3.05) is 10.6 Å². The normalized spacial score (nSPS) is 17.6. The summed E-state index contributed by atoms with van der Waals surface area (Å²) in [5, 5.41) is 14.2. The molecule has 1 aliphatic carbocycles. The number of carbonyl (C=O) groups is 3. The molecule has 0 bridgehead atoms. The highest BCUT2D eigenvalue weighted by Gasteiger charge is 2.36. The van der Waals surface area contributed by atoms with Crippen LogP contribution in [0.25, 0.3) is 11.1 Å². The van der Waals surface area contributed by atoms with Crippen molar-refractivity contribution in [3.05, 3.63) is 83.9 Å². The molecule has 9 heteroatoms. The lowest BCUT2D eigenvalue weighted by molar-refractivity contribution is -0.144. The molecule has 0 aliphatic heterocycles. The first-order valence-corrected chi connectivity index (χ1v) is 11.9. The van der Waals surface area contributed by atoms with Crippen molar-refractivity contribution >= 4 is 29.2 Å². The number of urea groups is 1. The van der Waals surface area contributed by atoms with Crippen molar-refractivity contribution < 1.29 is 32.7 Å². The van der Waals surface area contributed by atoms with Crippen molar-refractivity contribution in [3.8, 4) is 11.1 Å². The lowest BCUT2D eigenvalue weighted by atomic mass is 9.75. The van der Waals surface area contributed by atoms with E-state index < -0.39 is 35.6 Å². The Bertz CT molecular complexity index is 1290. The standard InChI is InChI=1S/C28H25F3N2O4/c29-28(30,31)23-7-3-4-8-24(23)33-27(37)32-20-15-13-18(14-16-20)17-9-11-19(12-10-17)25(34)21-5-1-2-6-22(21)26(35)36/h3-4,7-16,21-22H,1-2,5-6H2,(H,35,36)(H2,32,33,37). The molecule has 0 radical (unpaired) electrons. The first-order chi connectivity index (χ1) is 17.6. The fourth-order valence-electron chi connectivity index (χ4n) is 4.65. The van der Waals surface area contributed by atoms with Crippen LogP contribution in [0.1, 0.15) is 41.6 Å². The molecule has 2 amide bonds. The number of aliphatic carboxylic acids is 1. The fourth-order valence-corrected chi connectivity index (χ4v) is 4.65. The molecule has 1 saturated carbocycles. The summed E-state index contributed by atoms with van der Waals surface area (Å²) in [6, 6.07) is 17.5. The molecule has 2 unspecified atom stereocenters. The van der Waals surface area contributed by atoms with Crippen LogP contribution in [0.2, 0.25) is 0 Å². The Morgan fingerprint density at radius 1 is 0.757 bits per heavy atom. The highest BCUT2D eigenvalue weighted by atomic mass is 19.4. The molecule has 1 aliphatic rings. The van der Waals surface area contributed by atoms with Gasteiger partial charge in [-0.3, -0.25) is 9.59 Å². The Kier molecular flexibility index (Phi) is 7.61. The number of para-hydroxylation sites is 1. The Morgan fingerprint density at radius 2 is 1.32 bits per heavy atom. The van der Waals surface area contributed by atoms with Gasteiger partial charge in [0.2, 0.25) is 0 Å². The maximum absolute atomic E-state index is 13.1. The van der Waals surface area contributed by atoms with E-state index in [4.69, 9.17) is 0 Å². The van der Waals surface area contributed by atoms with Crippen LogP contribution in [0.4, 0.5) is 29.3 Å². The molecule has 2 atom stereocenters. The molecular weight excluding hydrogens is 485 g/mol. The molecule has 4 rings (SSSR count). The predicted octanol–water partition coefficient (Wildman–Crippen LogP) is 7.09. The topological polar surface area (TPSA) is 95.5 Å². The van der Waals surface area contributed by atoms with Gasteiger partial charge in [0, 0.05) is 17.2 Å². The van der Waals surface area contributed by atoms with Crippen molar-refractivity contribution in [1.29, 1.82) is 0 Å². The van der Waals surface area contributed by atoms with Gasteiger partial charge in [0.15, 0.2) is 5.78 Å². The van der Waals surface area contributed by atoms with Gasteiger partial charge >= 0.3 is 18.2 Å². The van der Waals surface area contributed by atoms with Gasteiger partial charge in [-0.05, 0) is 48.2 Å². The molecule has 3 aromatic rings. The smallest absolute Gasteiger partial charge is 0.418 e. The second kappa shape index (κ2) is 10.9. The number of ketones is 1. The zero-order valence-electron chi connectivity index (χ0n) is 19.7. The van der Waals surface area contributed by atoms with Crippen LogP contribution in [0.15, 0.2) is 72.8 Å². The van der Waals surface area contributed by atoms with E-state index in [-0.39, 0.29) is 11.5 Å². The SMILES string of the molecule is O=C(Nc1ccc(-c2ccc(C(=O)C3CCCCC3C(=O)O)cc2)cc1)Nc1ccccc1C(F)(F)F. The number of nitrogens with one attached hydrogen (secondary N) is 2. The van der Waals surface area contributed by atoms with E-state index in [1.165, 1.54) is 18.2 Å². The third-order valence-corrected chi connectivity index (χ3v) is 6.55. The van der Waals surface area contributed by atoms with Crippen LogP contribution in [0.3, 0.4) is 0 Å². The summed E-state index contributed by atoms with van der Waals surface area (Å²) in [6.07, 6.45) is -1.86. The number of carboxylic acid groups (broad SMARTS) is 1. The Labute approximate surface area is 211 Å². The van der Waals surface area contributed by atoms with Gasteiger partial charge in [0.05, 0.1) is 17.2 Å². The number of hydrogen-bond acceptors (Lipinski definition) is 3. The molecule has 0 heterocycles. The Hall–Kier alpha value is -4.14. The monoisotopic (exact) mass is 510 g/mol. The third-order valence-electron chi connectivity index (χ3n) is 6.55. The zero-order chi connectivity index (χ0) is 26.6. The summed E-state index contributed by atoms with van der Waals surface area (Å²) < 4.78 is 39.4. The van der Waals surface area contributed by atoms with Crippen LogP contribution in [-0.4, -0.2) is 22.9 Å². The van der Waals surface area contributed by atoms with Gasteiger partial charge in [0.1, 0.15) is 0 Å². The van der Waals surface area contributed by atoms with Gasteiger partial charge in [-0.25, -0.2) is 4.79 Å². The second-order valence-electron chi connectivity index (χ2n) is 8.98. The highest BCUT2D eigenvalue weighted by molar-refractivity contribution is 6.01. The number of carbonyl (C=O) groups excluding carboxylic acids is 2. The van der Waals surface area contributed by atoms with Crippen molar-refractivity contribution in [2.45, 2.75) is 31.9 Å². The van der Waals surface area contributed by atoms with Gasteiger partial charge in [-0.15, -0.1) is 0 Å². The van der Waals surface area contributed by atoms with Crippen LogP contribution in [-0.2, 0) is 11.0 Å². The van der Waals surface area contributed by atoms with Gasteiger partial charge < -0.3 is 15.7 Å². The number of Topliss-reactive ketones (excluding diaryl/α,β-unsaturated/α-hetero) is 1. The van der Waals surface area contributed by atoms with E-state index in [0.717, 1.165) is 30.0 Å². The van der Waals surface area contributed by atoms with Crippen molar-refractivity contribution in [1.82, 2.24) is 0 Å². The molecule has 3 N–H and O–H groups in total. The molecule has 1 fully saturated rings. The summed E-state index contributed by atoms with van der Waals surface area (Å²) in [5.74, 6) is -2.25. The molecule has 6 nitrogen and oxygen atoms in total. The van der Waals surface area contributed by atoms with Gasteiger partial charge in [0.25, 0.3) is 0 Å². The summed E-state index contributed by atoms with van der Waals surface area (Å²) in [6.45, 7) is 0. The molecule has 3 aromatic carbocycles. The molecule has 192 valence electrons. The number of halogens is 3. The maximum atomic E-state index is 13.1. The van der Waals surface area contributed by atoms with Crippen LogP contribution >= 0.6 is 0 Å². The first kappa shape index (κ1) is 25.9. The quantitative estimate of drug-likeness (QED) is 0.309. The number of alkyl halides is 3. The number of anilines is 2. The first-order valence-electron chi connectivity index (χ1n) is 11.9. The second-order valence-corrected chi connectivity index (χ2v) is 8.98. The number of rotatable bonds is 6. The van der Waals surface area contributed by atoms with Crippen molar-refractivity contribution in [3.63, 3.8) is 0 Å². The fraction of sp³-hybridized carbons (Fsp3) is 0.250. The van der Waals surface area contributed by atoms with E-state index in [1.54, 1.807) is 48.5 Å². The lowest BCUT2D eigenvalue weighted by Gasteiger charge is -2.27.